The van der Waals surface area contributed by atoms with E-state index in [2.05, 4.69) is 25.0 Å². The number of fused-ring (bicyclic) bond motifs is 1. The first-order chi connectivity index (χ1) is 11.2. The number of amides is 1. The highest BCUT2D eigenvalue weighted by atomic mass is 35.5. The summed E-state index contributed by atoms with van der Waals surface area (Å²) >= 11 is 5.86. The highest BCUT2D eigenvalue weighted by Crippen LogP contribution is 2.17. The molecule has 1 fully saturated rings. The number of hydrogen-bond acceptors (Lipinski definition) is 5. The van der Waals surface area contributed by atoms with E-state index in [1.165, 1.54) is 6.33 Å². The van der Waals surface area contributed by atoms with Gasteiger partial charge in [-0.3, -0.25) is 9.78 Å². The molecule has 4 rings (SSSR count). The molecule has 1 N–H and O–H groups in total. The third-order valence-electron chi connectivity index (χ3n) is 3.94. The summed E-state index contributed by atoms with van der Waals surface area (Å²) in [5.41, 5.74) is 1.23. The minimum Gasteiger partial charge on any atom is -0.356 e. The molecule has 3 aromatic heterocycles. The lowest BCUT2D eigenvalue weighted by Crippen LogP contribution is -2.49. The summed E-state index contributed by atoms with van der Waals surface area (Å²) in [6, 6.07) is 1.65. The maximum absolute atomic E-state index is 12.4. The molecule has 118 valence electrons. The van der Waals surface area contributed by atoms with Gasteiger partial charge < -0.3 is 14.8 Å². The molecule has 0 aromatic carbocycles. The average Bonchev–Trinajstić information content (AvgIpc) is 3.22. The van der Waals surface area contributed by atoms with Crippen LogP contribution in [0.2, 0.25) is 5.02 Å². The zero-order chi connectivity index (χ0) is 15.8. The SMILES string of the molecule is O=C(c1cc(Cl)c[nH]1)N1CCN(c2cncc3ncnn23)CC1. The molecule has 1 amide bonds. The maximum atomic E-state index is 12.4. The summed E-state index contributed by atoms with van der Waals surface area (Å²) in [6.45, 7) is 2.67. The van der Waals surface area contributed by atoms with Crippen LogP contribution in [0, 0.1) is 0 Å². The van der Waals surface area contributed by atoms with Crippen molar-refractivity contribution in [3.05, 3.63) is 41.7 Å². The van der Waals surface area contributed by atoms with E-state index in [-0.39, 0.29) is 5.91 Å². The summed E-state index contributed by atoms with van der Waals surface area (Å²) in [4.78, 5) is 27.6. The van der Waals surface area contributed by atoms with Crippen molar-refractivity contribution in [2.24, 2.45) is 0 Å². The number of aromatic amines is 1. The number of nitrogens with zero attached hydrogens (tertiary/aromatic N) is 6. The van der Waals surface area contributed by atoms with Crippen LogP contribution in [0.3, 0.4) is 0 Å². The standard InChI is InChI=1S/C14H14ClN7O/c15-10-5-11(17-6-10)14(23)21-3-1-20(2-4-21)13-8-16-7-12-18-9-19-22(12)13/h5-9,17H,1-4H2. The third-order valence-corrected chi connectivity index (χ3v) is 4.16. The van der Waals surface area contributed by atoms with Gasteiger partial charge in [-0.1, -0.05) is 11.6 Å². The van der Waals surface area contributed by atoms with Gasteiger partial charge in [0.2, 0.25) is 0 Å². The molecule has 8 nitrogen and oxygen atoms in total. The number of nitrogens with one attached hydrogen (secondary N) is 1. The van der Waals surface area contributed by atoms with Crippen molar-refractivity contribution in [2.45, 2.75) is 0 Å². The molecule has 0 aliphatic carbocycles. The molecule has 0 atom stereocenters. The van der Waals surface area contributed by atoms with Gasteiger partial charge in [-0.15, -0.1) is 0 Å². The lowest BCUT2D eigenvalue weighted by Gasteiger charge is -2.35. The summed E-state index contributed by atoms with van der Waals surface area (Å²) in [5.74, 6) is 0.851. The Morgan fingerprint density at radius 2 is 2.04 bits per heavy atom. The zero-order valence-electron chi connectivity index (χ0n) is 12.2. The molecule has 0 bridgehead atoms. The molecule has 0 saturated carbocycles. The van der Waals surface area contributed by atoms with Gasteiger partial charge in [-0.25, -0.2) is 4.98 Å². The number of carbonyl (C=O) groups excluding carboxylic acids is 1. The molecular weight excluding hydrogens is 318 g/mol. The fourth-order valence-corrected chi connectivity index (χ4v) is 2.92. The Hall–Kier alpha value is -2.61. The largest absolute Gasteiger partial charge is 0.356 e. The third kappa shape index (κ3) is 2.50. The second-order valence-electron chi connectivity index (χ2n) is 5.31. The van der Waals surface area contributed by atoms with E-state index in [1.54, 1.807) is 29.2 Å². The molecule has 0 spiro atoms. The van der Waals surface area contributed by atoms with Crippen LogP contribution in [-0.2, 0) is 0 Å². The lowest BCUT2D eigenvalue weighted by molar-refractivity contribution is 0.0741. The Labute approximate surface area is 136 Å². The van der Waals surface area contributed by atoms with Crippen LogP contribution in [0.4, 0.5) is 5.82 Å². The van der Waals surface area contributed by atoms with Gasteiger partial charge in [0.1, 0.15) is 12.0 Å². The van der Waals surface area contributed by atoms with Crippen molar-refractivity contribution >= 4 is 29.0 Å². The van der Waals surface area contributed by atoms with Gasteiger partial charge in [-0.2, -0.15) is 9.61 Å². The molecule has 23 heavy (non-hydrogen) atoms. The van der Waals surface area contributed by atoms with E-state index < -0.39 is 0 Å². The Morgan fingerprint density at radius 3 is 2.78 bits per heavy atom. The molecule has 3 aromatic rings. The van der Waals surface area contributed by atoms with Crippen LogP contribution < -0.4 is 4.90 Å². The molecule has 4 heterocycles. The van der Waals surface area contributed by atoms with E-state index in [1.807, 2.05) is 4.90 Å². The lowest BCUT2D eigenvalue weighted by atomic mass is 10.3. The number of carbonyl (C=O) groups is 1. The monoisotopic (exact) mass is 331 g/mol. The van der Waals surface area contributed by atoms with Gasteiger partial charge in [0, 0.05) is 32.4 Å². The van der Waals surface area contributed by atoms with Crippen LogP contribution >= 0.6 is 11.6 Å². The Kier molecular flexibility index (Phi) is 3.38. The highest BCUT2D eigenvalue weighted by Gasteiger charge is 2.24. The van der Waals surface area contributed by atoms with Crippen molar-refractivity contribution in [2.75, 3.05) is 31.1 Å². The maximum Gasteiger partial charge on any atom is 0.270 e. The topological polar surface area (TPSA) is 82.4 Å². The van der Waals surface area contributed by atoms with Crippen LogP contribution in [0.15, 0.2) is 31.0 Å². The van der Waals surface area contributed by atoms with Crippen molar-refractivity contribution in [1.82, 2.24) is 29.5 Å². The number of rotatable bonds is 2. The van der Waals surface area contributed by atoms with Crippen molar-refractivity contribution in [3.8, 4) is 0 Å². The first kappa shape index (κ1) is 14.0. The van der Waals surface area contributed by atoms with Crippen LogP contribution in [0.1, 0.15) is 10.5 Å². The molecule has 0 radical (unpaired) electrons. The first-order valence-corrected chi connectivity index (χ1v) is 7.62. The fourth-order valence-electron chi connectivity index (χ4n) is 2.76. The minimum absolute atomic E-state index is 0.0337. The number of hydrogen-bond donors (Lipinski definition) is 1. The number of halogens is 1. The average molecular weight is 332 g/mol. The normalized spacial score (nSPS) is 15.3. The van der Waals surface area contributed by atoms with Crippen molar-refractivity contribution < 1.29 is 4.79 Å². The smallest absolute Gasteiger partial charge is 0.270 e. The predicted molar refractivity (Wildman–Crippen MR) is 84.7 cm³/mol. The summed E-state index contributed by atoms with van der Waals surface area (Å²) < 4.78 is 1.76. The summed E-state index contributed by atoms with van der Waals surface area (Å²) in [7, 11) is 0. The number of H-pyrrole nitrogens is 1. The van der Waals surface area contributed by atoms with E-state index in [4.69, 9.17) is 11.6 Å². The quantitative estimate of drug-likeness (QED) is 0.759. The number of piperazine rings is 1. The van der Waals surface area contributed by atoms with Gasteiger partial charge in [0.25, 0.3) is 5.91 Å². The van der Waals surface area contributed by atoms with E-state index in [0.29, 0.717) is 42.5 Å². The van der Waals surface area contributed by atoms with E-state index >= 15 is 0 Å². The van der Waals surface area contributed by atoms with Gasteiger partial charge in [0.15, 0.2) is 11.5 Å². The van der Waals surface area contributed by atoms with Crippen molar-refractivity contribution in [1.29, 1.82) is 0 Å². The fraction of sp³-hybridized carbons (Fsp3) is 0.286. The van der Waals surface area contributed by atoms with E-state index in [9.17, 15) is 4.79 Å². The summed E-state index contributed by atoms with van der Waals surface area (Å²) in [5, 5.41) is 4.76. The van der Waals surface area contributed by atoms with Crippen LogP contribution in [-0.4, -0.2) is 61.6 Å². The molecular formula is C14H14ClN7O. The van der Waals surface area contributed by atoms with Crippen LogP contribution in [0.25, 0.3) is 5.65 Å². The highest BCUT2D eigenvalue weighted by molar-refractivity contribution is 6.30. The molecule has 1 saturated heterocycles. The Bertz CT molecular complexity index is 850. The first-order valence-electron chi connectivity index (χ1n) is 7.24. The van der Waals surface area contributed by atoms with Crippen molar-refractivity contribution in [3.63, 3.8) is 0 Å². The molecule has 9 heteroatoms. The van der Waals surface area contributed by atoms with Gasteiger partial charge in [-0.05, 0) is 6.07 Å². The van der Waals surface area contributed by atoms with Crippen LogP contribution in [0.5, 0.6) is 0 Å². The number of anilines is 1. The molecule has 0 unspecified atom stereocenters. The number of aromatic nitrogens is 5. The molecule has 1 aliphatic heterocycles. The van der Waals surface area contributed by atoms with Gasteiger partial charge in [0.05, 0.1) is 17.4 Å². The summed E-state index contributed by atoms with van der Waals surface area (Å²) in [6.07, 6.45) is 6.56. The van der Waals surface area contributed by atoms with E-state index in [0.717, 1.165) is 5.82 Å². The second-order valence-corrected chi connectivity index (χ2v) is 5.74. The minimum atomic E-state index is -0.0337. The molecule has 1 aliphatic rings. The zero-order valence-corrected chi connectivity index (χ0v) is 12.9. The van der Waals surface area contributed by atoms with Gasteiger partial charge >= 0.3 is 0 Å². The predicted octanol–water partition coefficient (Wildman–Crippen LogP) is 1.07. The second kappa shape index (κ2) is 5.54. The Morgan fingerprint density at radius 1 is 1.22 bits per heavy atom. The Balaban J connectivity index is 1.49.